The van der Waals surface area contributed by atoms with Crippen LogP contribution in [-0.2, 0) is 6.61 Å². The zero-order valence-corrected chi connectivity index (χ0v) is 17.9. The molecule has 0 fully saturated rings. The molecule has 0 aliphatic heterocycles. The second-order valence-corrected chi connectivity index (χ2v) is 8.31. The van der Waals surface area contributed by atoms with Crippen molar-refractivity contribution in [1.29, 1.82) is 0 Å². The van der Waals surface area contributed by atoms with Crippen molar-refractivity contribution in [2.45, 2.75) is 6.61 Å². The number of nitrogens with one attached hydrogen (secondary N) is 2. The van der Waals surface area contributed by atoms with E-state index in [0.717, 1.165) is 22.3 Å². The lowest BCUT2D eigenvalue weighted by atomic mass is 10.2. The topological polar surface area (TPSA) is 80.3 Å². The zero-order chi connectivity index (χ0) is 22.5. The van der Waals surface area contributed by atoms with Gasteiger partial charge in [0.25, 0.3) is 5.12 Å². The van der Waals surface area contributed by atoms with E-state index in [-0.39, 0.29) is 11.7 Å². The molecule has 0 saturated heterocycles. The lowest BCUT2D eigenvalue weighted by molar-refractivity contribution is 0.108. The Morgan fingerprint density at radius 1 is 1.00 bits per heavy atom. The molecule has 0 radical (unpaired) electrons. The Bertz CT molecular complexity index is 1260. The van der Waals surface area contributed by atoms with Gasteiger partial charge in [-0.2, -0.15) is 0 Å². The minimum Gasteiger partial charge on any atom is -0.489 e. The Hall–Kier alpha value is -3.50. The second-order valence-electron chi connectivity index (χ2n) is 6.50. The van der Waals surface area contributed by atoms with Crippen LogP contribution in [0.2, 0.25) is 0 Å². The largest absolute Gasteiger partial charge is 0.489 e. The molecular weight excluding hydrogens is 456 g/mol. The van der Waals surface area contributed by atoms with Gasteiger partial charge in [-0.05, 0) is 42.0 Å². The molecule has 4 aromatic rings. The fourth-order valence-corrected chi connectivity index (χ4v) is 4.13. The Morgan fingerprint density at radius 3 is 2.66 bits per heavy atom. The van der Waals surface area contributed by atoms with Crippen LogP contribution in [0.1, 0.15) is 15.4 Å². The van der Waals surface area contributed by atoms with Crippen molar-refractivity contribution in [1.82, 2.24) is 9.71 Å². The third-order valence-corrected chi connectivity index (χ3v) is 6.02. The van der Waals surface area contributed by atoms with Crippen LogP contribution in [0.5, 0.6) is 5.75 Å². The number of hydrogen-bond acceptors (Lipinski definition) is 6. The van der Waals surface area contributed by atoms with Gasteiger partial charge in [-0.3, -0.25) is 9.52 Å². The third kappa shape index (κ3) is 5.40. The van der Waals surface area contributed by atoms with Gasteiger partial charge >= 0.3 is 6.03 Å². The van der Waals surface area contributed by atoms with Gasteiger partial charge in [0.1, 0.15) is 12.4 Å². The molecular formula is C22H15F2N3O3S2. The number of hydrogen-bond donors (Lipinski definition) is 2. The molecule has 0 aliphatic rings. The van der Waals surface area contributed by atoms with Crippen molar-refractivity contribution in [3.05, 3.63) is 88.9 Å². The predicted molar refractivity (Wildman–Crippen MR) is 121 cm³/mol. The van der Waals surface area contributed by atoms with Gasteiger partial charge in [0.15, 0.2) is 16.6 Å². The number of ether oxygens (including phenoxy) is 1. The van der Waals surface area contributed by atoms with Crippen molar-refractivity contribution in [2.24, 2.45) is 0 Å². The van der Waals surface area contributed by atoms with E-state index in [0.29, 0.717) is 34.0 Å². The lowest BCUT2D eigenvalue weighted by Crippen LogP contribution is -2.24. The summed E-state index contributed by atoms with van der Waals surface area (Å²) in [7, 11) is 0. The van der Waals surface area contributed by atoms with E-state index in [1.165, 1.54) is 17.4 Å². The normalized spacial score (nSPS) is 10.7. The van der Waals surface area contributed by atoms with Crippen LogP contribution in [0.4, 0.5) is 19.3 Å². The first-order valence-electron chi connectivity index (χ1n) is 9.28. The first-order valence-corrected chi connectivity index (χ1v) is 10.9. The minimum atomic E-state index is -0.948. The van der Waals surface area contributed by atoms with E-state index < -0.39 is 17.7 Å². The van der Waals surface area contributed by atoms with Crippen LogP contribution in [0.15, 0.2) is 66.7 Å². The Morgan fingerprint density at radius 2 is 1.84 bits per heavy atom. The SMILES string of the molecule is O=C(NSC(=O)c1nc2ccccc2s1)Nc1cccc(OCc2ccc(F)c(F)c2)c1. The molecule has 0 saturated carbocycles. The number of carbonyl (C=O) groups excluding carboxylic acids is 2. The van der Waals surface area contributed by atoms with Crippen molar-refractivity contribution >= 4 is 50.3 Å². The van der Waals surface area contributed by atoms with E-state index in [2.05, 4.69) is 15.0 Å². The fourth-order valence-electron chi connectivity index (χ4n) is 2.71. The molecule has 3 aromatic carbocycles. The molecule has 6 nitrogen and oxygen atoms in total. The molecule has 4 rings (SSSR count). The minimum absolute atomic E-state index is 0.0272. The van der Waals surface area contributed by atoms with E-state index in [9.17, 15) is 18.4 Å². The van der Waals surface area contributed by atoms with Crippen molar-refractivity contribution < 1.29 is 23.1 Å². The summed E-state index contributed by atoms with van der Waals surface area (Å²) in [5.41, 5.74) is 1.62. The Labute approximate surface area is 189 Å². The molecule has 32 heavy (non-hydrogen) atoms. The summed E-state index contributed by atoms with van der Waals surface area (Å²) in [6.45, 7) is 0.0272. The Kier molecular flexibility index (Phi) is 6.62. The van der Waals surface area contributed by atoms with E-state index in [1.54, 1.807) is 24.3 Å². The monoisotopic (exact) mass is 471 g/mol. The van der Waals surface area contributed by atoms with Crippen LogP contribution in [0.3, 0.4) is 0 Å². The molecule has 1 aromatic heterocycles. The standard InChI is InChI=1S/C22H15F2N3O3S2/c23-16-9-8-13(10-17(16)24)12-30-15-5-3-4-14(11-15)25-22(29)27-32-21(28)20-26-18-6-1-2-7-19(18)31-20/h1-11H,12H2,(H2,25,27,29). The number of anilines is 1. The molecule has 2 amide bonds. The number of urea groups is 1. The first kappa shape index (κ1) is 21.7. The van der Waals surface area contributed by atoms with Crippen molar-refractivity contribution in [3.8, 4) is 5.75 Å². The molecule has 162 valence electrons. The summed E-state index contributed by atoms with van der Waals surface area (Å²) in [5.74, 6) is -1.45. The van der Waals surface area contributed by atoms with Crippen molar-refractivity contribution in [3.63, 3.8) is 0 Å². The number of halogens is 2. The van der Waals surface area contributed by atoms with Crippen LogP contribution in [0.25, 0.3) is 10.2 Å². The van der Waals surface area contributed by atoms with Gasteiger partial charge in [-0.15, -0.1) is 11.3 Å². The van der Waals surface area contributed by atoms with E-state index >= 15 is 0 Å². The number of fused-ring (bicyclic) bond motifs is 1. The summed E-state index contributed by atoms with van der Waals surface area (Å²) in [5, 5.41) is 2.53. The molecule has 0 unspecified atom stereocenters. The summed E-state index contributed by atoms with van der Waals surface area (Å²) < 4.78 is 35.2. The average Bonchev–Trinajstić information content (AvgIpc) is 3.23. The highest BCUT2D eigenvalue weighted by Gasteiger charge is 2.15. The molecule has 0 aliphatic carbocycles. The number of thiazole rings is 1. The maximum absolute atomic E-state index is 13.3. The van der Waals surface area contributed by atoms with Crippen LogP contribution < -0.4 is 14.8 Å². The second kappa shape index (κ2) is 9.75. The van der Waals surface area contributed by atoms with Gasteiger partial charge in [0.05, 0.1) is 10.2 Å². The average molecular weight is 472 g/mol. The Balaban J connectivity index is 1.30. The number of aromatic nitrogens is 1. The van der Waals surface area contributed by atoms with Gasteiger partial charge < -0.3 is 10.1 Å². The number of amides is 2. The number of para-hydroxylation sites is 1. The highest BCUT2D eigenvalue weighted by atomic mass is 32.2. The summed E-state index contributed by atoms with van der Waals surface area (Å²) in [4.78, 5) is 28.7. The van der Waals surface area contributed by atoms with Gasteiger partial charge in [-0.25, -0.2) is 18.6 Å². The maximum Gasteiger partial charge on any atom is 0.329 e. The lowest BCUT2D eigenvalue weighted by Gasteiger charge is -2.10. The first-order chi connectivity index (χ1) is 15.5. The van der Waals surface area contributed by atoms with Crippen LogP contribution in [0, 0.1) is 11.6 Å². The van der Waals surface area contributed by atoms with E-state index in [1.807, 2.05) is 24.3 Å². The van der Waals surface area contributed by atoms with Crippen LogP contribution >= 0.6 is 23.3 Å². The molecule has 0 atom stereocenters. The van der Waals surface area contributed by atoms with E-state index in [4.69, 9.17) is 4.74 Å². The molecule has 2 N–H and O–H groups in total. The molecule has 1 heterocycles. The van der Waals surface area contributed by atoms with Crippen LogP contribution in [-0.4, -0.2) is 16.1 Å². The number of rotatable bonds is 5. The zero-order valence-electron chi connectivity index (χ0n) is 16.3. The van der Waals surface area contributed by atoms with Gasteiger partial charge in [-0.1, -0.05) is 24.3 Å². The molecule has 10 heteroatoms. The fraction of sp³-hybridized carbons (Fsp3) is 0.0455. The predicted octanol–water partition coefficient (Wildman–Crippen LogP) is 5.76. The molecule has 0 bridgehead atoms. The number of benzene rings is 3. The third-order valence-electron chi connectivity index (χ3n) is 4.19. The number of carbonyl (C=O) groups is 2. The quantitative estimate of drug-likeness (QED) is 0.362. The summed E-state index contributed by atoms with van der Waals surface area (Å²) in [6.07, 6.45) is 0. The maximum atomic E-state index is 13.3. The van der Waals surface area contributed by atoms with Gasteiger partial charge in [0.2, 0.25) is 0 Å². The summed E-state index contributed by atoms with van der Waals surface area (Å²) >= 11 is 1.89. The molecule has 0 spiro atoms. The highest BCUT2D eigenvalue weighted by molar-refractivity contribution is 8.13. The smallest absolute Gasteiger partial charge is 0.329 e. The number of nitrogens with zero attached hydrogens (tertiary/aromatic N) is 1. The summed E-state index contributed by atoms with van der Waals surface area (Å²) in [6, 6.07) is 16.8. The van der Waals surface area contributed by atoms with Gasteiger partial charge in [0, 0.05) is 23.7 Å². The highest BCUT2D eigenvalue weighted by Crippen LogP contribution is 2.24. The van der Waals surface area contributed by atoms with Crippen molar-refractivity contribution in [2.75, 3.05) is 5.32 Å².